The zero-order valence-corrected chi connectivity index (χ0v) is 11.8. The number of para-hydroxylation sites is 1. The Morgan fingerprint density at radius 2 is 2.11 bits per heavy atom. The third kappa shape index (κ3) is 4.23. The Hall–Kier alpha value is -1.20. The number of benzene rings is 1. The van der Waals surface area contributed by atoms with Gasteiger partial charge in [-0.15, -0.1) is 0 Å². The summed E-state index contributed by atoms with van der Waals surface area (Å²) in [5.41, 5.74) is 1.82. The molecule has 0 aliphatic rings. The predicted molar refractivity (Wildman–Crippen MR) is 77.2 cm³/mol. The lowest BCUT2D eigenvalue weighted by molar-refractivity contribution is 0.243. The highest BCUT2D eigenvalue weighted by molar-refractivity contribution is 7.99. The number of aryl methyl sites for hydroxylation is 1. The Morgan fingerprint density at radius 1 is 1.44 bits per heavy atom. The zero-order valence-electron chi connectivity index (χ0n) is 10.9. The summed E-state index contributed by atoms with van der Waals surface area (Å²) in [6.45, 7) is 3.87. The van der Waals surface area contributed by atoms with Gasteiger partial charge >= 0.3 is 6.03 Å². The van der Waals surface area contributed by atoms with E-state index in [1.54, 1.807) is 0 Å². The van der Waals surface area contributed by atoms with Crippen LogP contribution in [0.3, 0.4) is 0 Å². The second-order valence-electron chi connectivity index (χ2n) is 4.16. The molecule has 2 amide bonds. The first-order valence-corrected chi connectivity index (χ1v) is 7.14. The van der Waals surface area contributed by atoms with Gasteiger partial charge in [0.2, 0.25) is 0 Å². The fourth-order valence-electron chi connectivity index (χ4n) is 1.61. The lowest BCUT2D eigenvalue weighted by Crippen LogP contribution is -2.43. The number of aliphatic hydroxyl groups is 1. The van der Waals surface area contributed by atoms with Gasteiger partial charge in [0.1, 0.15) is 0 Å². The van der Waals surface area contributed by atoms with Crippen molar-refractivity contribution in [1.29, 1.82) is 0 Å². The van der Waals surface area contributed by atoms with E-state index in [2.05, 4.69) is 10.6 Å². The van der Waals surface area contributed by atoms with Crippen LogP contribution in [0.15, 0.2) is 24.3 Å². The number of hydrogen-bond acceptors (Lipinski definition) is 3. The molecule has 0 spiro atoms. The van der Waals surface area contributed by atoms with E-state index < -0.39 is 0 Å². The van der Waals surface area contributed by atoms with E-state index in [1.165, 1.54) is 11.8 Å². The molecule has 0 aromatic heterocycles. The first-order chi connectivity index (χ1) is 8.58. The molecule has 0 saturated heterocycles. The van der Waals surface area contributed by atoms with Gasteiger partial charge in [0.25, 0.3) is 0 Å². The highest BCUT2D eigenvalue weighted by Crippen LogP contribution is 2.14. The van der Waals surface area contributed by atoms with Crippen LogP contribution >= 0.6 is 11.8 Å². The molecule has 1 aromatic rings. The summed E-state index contributed by atoms with van der Waals surface area (Å²) in [7, 11) is 0. The maximum atomic E-state index is 11.8. The summed E-state index contributed by atoms with van der Waals surface area (Å²) < 4.78 is 0. The monoisotopic (exact) mass is 268 g/mol. The van der Waals surface area contributed by atoms with E-state index in [9.17, 15) is 4.79 Å². The number of thioether (sulfide) groups is 1. The van der Waals surface area contributed by atoms with Gasteiger partial charge < -0.3 is 15.7 Å². The van der Waals surface area contributed by atoms with Crippen molar-refractivity contribution in [3.8, 4) is 0 Å². The van der Waals surface area contributed by atoms with Crippen LogP contribution in [0.25, 0.3) is 0 Å². The molecule has 0 aliphatic heterocycles. The van der Waals surface area contributed by atoms with Gasteiger partial charge in [0.15, 0.2) is 0 Å². The maximum absolute atomic E-state index is 11.8. The topological polar surface area (TPSA) is 61.4 Å². The molecule has 3 N–H and O–H groups in total. The Labute approximate surface area is 112 Å². The molecule has 0 bridgehead atoms. The summed E-state index contributed by atoms with van der Waals surface area (Å²) in [6.07, 6.45) is 1.91. The molecular weight excluding hydrogens is 248 g/mol. The first-order valence-electron chi connectivity index (χ1n) is 5.85. The molecule has 0 saturated carbocycles. The number of hydrogen-bond donors (Lipinski definition) is 3. The second kappa shape index (κ2) is 7.28. The number of nitrogens with one attached hydrogen (secondary N) is 2. The summed E-state index contributed by atoms with van der Waals surface area (Å²) >= 11 is 1.54. The van der Waals surface area contributed by atoms with E-state index >= 15 is 0 Å². The van der Waals surface area contributed by atoms with Crippen molar-refractivity contribution in [3.63, 3.8) is 0 Å². The summed E-state index contributed by atoms with van der Waals surface area (Å²) in [4.78, 5) is 11.8. The average molecular weight is 268 g/mol. The minimum atomic E-state index is -0.246. The minimum Gasteiger partial charge on any atom is -0.395 e. The molecule has 0 aliphatic carbocycles. The number of anilines is 1. The molecule has 4 nitrogen and oxygen atoms in total. The van der Waals surface area contributed by atoms with Crippen LogP contribution in [0.1, 0.15) is 12.5 Å². The van der Waals surface area contributed by atoms with E-state index in [1.807, 2.05) is 44.4 Å². The predicted octanol–water partition coefficient (Wildman–Crippen LogP) is 2.23. The molecule has 0 fully saturated rings. The van der Waals surface area contributed by atoms with E-state index in [4.69, 9.17) is 5.11 Å². The van der Waals surface area contributed by atoms with Crippen molar-refractivity contribution >= 4 is 23.5 Å². The van der Waals surface area contributed by atoms with E-state index in [0.29, 0.717) is 0 Å². The van der Waals surface area contributed by atoms with Crippen LogP contribution < -0.4 is 10.6 Å². The van der Waals surface area contributed by atoms with Crippen molar-refractivity contribution in [2.45, 2.75) is 25.1 Å². The quantitative estimate of drug-likeness (QED) is 0.767. The minimum absolute atomic E-state index is 0.00706. The Bertz CT molecular complexity index is 394. The number of rotatable bonds is 5. The van der Waals surface area contributed by atoms with Gasteiger partial charge in [-0.25, -0.2) is 4.79 Å². The second-order valence-corrected chi connectivity index (χ2v) is 5.24. The zero-order chi connectivity index (χ0) is 13.5. The number of aliphatic hydroxyl groups excluding tert-OH is 1. The first kappa shape index (κ1) is 14.9. The van der Waals surface area contributed by atoms with Gasteiger partial charge in [-0.05, 0) is 31.7 Å². The fourth-order valence-corrected chi connectivity index (χ4v) is 2.23. The summed E-state index contributed by atoms with van der Waals surface area (Å²) in [5.74, 6) is 0. The third-order valence-electron chi connectivity index (χ3n) is 2.79. The van der Waals surface area contributed by atoms with Crippen LogP contribution in [0.2, 0.25) is 0 Å². The standard InChI is InChI=1S/C13H20N2O2S/c1-9-6-4-5-7-11(9)15-13(17)14-10(2)12(8-16)18-3/h4-7,10,12,16H,8H2,1-3H3,(H2,14,15,17). The van der Waals surface area contributed by atoms with Crippen LogP contribution in [0.5, 0.6) is 0 Å². The molecule has 2 atom stereocenters. The van der Waals surface area contributed by atoms with Gasteiger partial charge in [0.05, 0.1) is 6.61 Å². The molecule has 2 unspecified atom stereocenters. The molecule has 100 valence electrons. The fraction of sp³-hybridized carbons (Fsp3) is 0.462. The van der Waals surface area contributed by atoms with E-state index in [-0.39, 0.29) is 23.9 Å². The highest BCUT2D eigenvalue weighted by Gasteiger charge is 2.17. The summed E-state index contributed by atoms with van der Waals surface area (Å²) in [6, 6.07) is 7.27. The van der Waals surface area contributed by atoms with Crippen LogP contribution in [-0.4, -0.2) is 35.3 Å². The van der Waals surface area contributed by atoms with Crippen molar-refractivity contribution in [1.82, 2.24) is 5.32 Å². The van der Waals surface area contributed by atoms with Crippen molar-refractivity contribution in [2.24, 2.45) is 0 Å². The Balaban J connectivity index is 2.54. The van der Waals surface area contributed by atoms with Gasteiger partial charge in [-0.2, -0.15) is 11.8 Å². The number of urea groups is 1. The molecule has 1 rings (SSSR count). The highest BCUT2D eigenvalue weighted by atomic mass is 32.2. The number of carbonyl (C=O) groups is 1. The lowest BCUT2D eigenvalue weighted by atomic mass is 10.2. The van der Waals surface area contributed by atoms with Crippen molar-refractivity contribution in [2.75, 3.05) is 18.2 Å². The SMILES string of the molecule is CSC(CO)C(C)NC(=O)Nc1ccccc1C. The molecule has 18 heavy (non-hydrogen) atoms. The molecule has 5 heteroatoms. The molecule has 1 aromatic carbocycles. The largest absolute Gasteiger partial charge is 0.395 e. The maximum Gasteiger partial charge on any atom is 0.319 e. The van der Waals surface area contributed by atoms with E-state index in [0.717, 1.165) is 11.3 Å². The van der Waals surface area contributed by atoms with Crippen molar-refractivity contribution in [3.05, 3.63) is 29.8 Å². The molecule has 0 radical (unpaired) electrons. The van der Waals surface area contributed by atoms with Crippen LogP contribution in [0.4, 0.5) is 10.5 Å². The Kier molecular flexibility index (Phi) is 6.01. The van der Waals surface area contributed by atoms with Gasteiger partial charge in [-0.1, -0.05) is 18.2 Å². The third-order valence-corrected chi connectivity index (χ3v) is 3.96. The van der Waals surface area contributed by atoms with Crippen molar-refractivity contribution < 1.29 is 9.90 Å². The normalized spacial score (nSPS) is 13.8. The molecular formula is C13H20N2O2S. The summed E-state index contributed by atoms with van der Waals surface area (Å²) in [5, 5.41) is 14.8. The van der Waals surface area contributed by atoms with Gasteiger partial charge in [-0.3, -0.25) is 0 Å². The average Bonchev–Trinajstić information content (AvgIpc) is 2.33. The smallest absolute Gasteiger partial charge is 0.319 e. The lowest BCUT2D eigenvalue weighted by Gasteiger charge is -2.21. The van der Waals surface area contributed by atoms with Crippen LogP contribution in [0, 0.1) is 6.92 Å². The molecule has 0 heterocycles. The Morgan fingerprint density at radius 3 is 2.67 bits per heavy atom. The number of carbonyl (C=O) groups excluding carboxylic acids is 1. The van der Waals surface area contributed by atoms with Crippen LogP contribution in [-0.2, 0) is 0 Å². The van der Waals surface area contributed by atoms with Gasteiger partial charge in [0, 0.05) is 17.0 Å². The number of amides is 2.